The Labute approximate surface area is 170 Å². The molecule has 152 valence electrons. The van der Waals surface area contributed by atoms with Gasteiger partial charge in [0.15, 0.2) is 5.65 Å². The third kappa shape index (κ3) is 4.31. The normalized spacial score (nSPS) is 20.1. The van der Waals surface area contributed by atoms with Crippen molar-refractivity contribution in [2.24, 2.45) is 7.05 Å². The molecule has 7 heteroatoms. The van der Waals surface area contributed by atoms with Gasteiger partial charge in [-0.25, -0.2) is 4.98 Å². The first-order valence-electron chi connectivity index (χ1n) is 9.96. The summed E-state index contributed by atoms with van der Waals surface area (Å²) in [5.74, 6) is -0.145. The summed E-state index contributed by atoms with van der Waals surface area (Å²) in [7, 11) is 1.86. The number of fused-ring (bicyclic) bond motifs is 1. The zero-order valence-electron chi connectivity index (χ0n) is 17.3. The Kier molecular flexibility index (Phi) is 5.34. The van der Waals surface area contributed by atoms with Gasteiger partial charge in [0.25, 0.3) is 5.91 Å². The molecule has 1 aliphatic rings. The highest BCUT2D eigenvalue weighted by atomic mass is 16.5. The molecule has 1 amide bonds. The van der Waals surface area contributed by atoms with Gasteiger partial charge in [-0.15, -0.1) is 0 Å². The number of carbonyl (C=O) groups is 1. The number of amides is 1. The molecule has 0 spiro atoms. The van der Waals surface area contributed by atoms with E-state index >= 15 is 0 Å². The minimum absolute atomic E-state index is 0.145. The molecule has 1 aliphatic heterocycles. The number of benzene rings is 1. The van der Waals surface area contributed by atoms with Gasteiger partial charge in [-0.05, 0) is 44.5 Å². The first-order chi connectivity index (χ1) is 13.9. The monoisotopic (exact) mass is 393 g/mol. The summed E-state index contributed by atoms with van der Waals surface area (Å²) in [5, 5.41) is 8.24. The van der Waals surface area contributed by atoms with Gasteiger partial charge in [-0.2, -0.15) is 5.10 Å². The lowest BCUT2D eigenvalue weighted by Crippen LogP contribution is -2.44. The van der Waals surface area contributed by atoms with Gasteiger partial charge in [0.1, 0.15) is 0 Å². The molecule has 29 heavy (non-hydrogen) atoms. The zero-order chi connectivity index (χ0) is 20.5. The second-order valence-corrected chi connectivity index (χ2v) is 7.91. The van der Waals surface area contributed by atoms with E-state index in [1.165, 1.54) is 5.56 Å². The van der Waals surface area contributed by atoms with Crippen LogP contribution in [0, 0.1) is 6.92 Å². The van der Waals surface area contributed by atoms with Crippen LogP contribution in [0.5, 0.6) is 0 Å². The Morgan fingerprint density at radius 2 is 1.90 bits per heavy atom. The molecule has 1 saturated heterocycles. The molecule has 1 fully saturated rings. The van der Waals surface area contributed by atoms with Crippen LogP contribution in [0.25, 0.3) is 11.0 Å². The zero-order valence-corrected chi connectivity index (χ0v) is 17.3. The number of nitrogens with one attached hydrogen (secondary N) is 1. The number of anilines is 1. The summed E-state index contributed by atoms with van der Waals surface area (Å²) < 4.78 is 7.53. The molecule has 4 rings (SSSR count). The molecular weight excluding hydrogens is 366 g/mol. The predicted molar refractivity (Wildman–Crippen MR) is 113 cm³/mol. The highest BCUT2D eigenvalue weighted by Gasteiger charge is 2.22. The Morgan fingerprint density at radius 1 is 1.21 bits per heavy atom. The molecule has 0 aliphatic carbocycles. The predicted octanol–water partition coefficient (Wildman–Crippen LogP) is 3.14. The quantitative estimate of drug-likeness (QED) is 0.737. The van der Waals surface area contributed by atoms with E-state index in [1.54, 1.807) is 10.9 Å². The van der Waals surface area contributed by atoms with E-state index in [9.17, 15) is 4.79 Å². The Bertz CT molecular complexity index is 1020. The van der Waals surface area contributed by atoms with Crippen molar-refractivity contribution < 1.29 is 9.53 Å². The highest BCUT2D eigenvalue weighted by molar-refractivity contribution is 6.04. The van der Waals surface area contributed by atoms with Crippen LogP contribution in [-0.2, 0) is 18.3 Å². The summed E-state index contributed by atoms with van der Waals surface area (Å²) in [6, 6.07) is 9.70. The standard InChI is InChI=1S/C22H27N5O2/c1-14-11-27(12-15(2)29-14)13-17-5-7-18(8-6-17)22(28)24-19-9-20-16(3)25-26(4)21(20)23-10-19/h5-10,14-15H,11-13H2,1-4H3,(H,24,28)/t14-,15-/m1/s1. The molecule has 1 N–H and O–H groups in total. The summed E-state index contributed by atoms with van der Waals surface area (Å²) in [6.45, 7) is 8.86. The maximum atomic E-state index is 12.6. The van der Waals surface area contributed by atoms with Crippen molar-refractivity contribution in [2.75, 3.05) is 18.4 Å². The van der Waals surface area contributed by atoms with Crippen LogP contribution in [0.15, 0.2) is 36.5 Å². The number of hydrogen-bond acceptors (Lipinski definition) is 5. The van der Waals surface area contributed by atoms with Crippen molar-refractivity contribution in [2.45, 2.75) is 39.5 Å². The molecule has 2 atom stereocenters. The fourth-order valence-corrected chi connectivity index (χ4v) is 4.01. The first kappa shape index (κ1) is 19.5. The van der Waals surface area contributed by atoms with Crippen LogP contribution in [0.4, 0.5) is 5.69 Å². The van der Waals surface area contributed by atoms with Crippen molar-refractivity contribution in [3.63, 3.8) is 0 Å². The SMILES string of the molecule is Cc1nn(C)c2ncc(NC(=O)c3ccc(CN4C[C@@H](C)O[C@H](C)C4)cc3)cc12. The van der Waals surface area contributed by atoms with Gasteiger partial charge in [-0.1, -0.05) is 12.1 Å². The Balaban J connectivity index is 1.42. The van der Waals surface area contributed by atoms with Crippen LogP contribution < -0.4 is 5.32 Å². The average Bonchev–Trinajstić information content (AvgIpc) is 2.95. The topological polar surface area (TPSA) is 72.3 Å². The number of aromatic nitrogens is 3. The van der Waals surface area contributed by atoms with Crippen molar-refractivity contribution in [3.8, 4) is 0 Å². The van der Waals surface area contributed by atoms with Gasteiger partial charge >= 0.3 is 0 Å². The van der Waals surface area contributed by atoms with Crippen molar-refractivity contribution >= 4 is 22.6 Å². The number of ether oxygens (including phenoxy) is 1. The van der Waals surface area contributed by atoms with E-state index in [-0.39, 0.29) is 18.1 Å². The number of pyridine rings is 1. The molecule has 7 nitrogen and oxygen atoms in total. The van der Waals surface area contributed by atoms with E-state index in [1.807, 2.05) is 44.3 Å². The third-order valence-electron chi connectivity index (χ3n) is 5.24. The molecule has 1 aromatic carbocycles. The van der Waals surface area contributed by atoms with Crippen LogP contribution in [0.3, 0.4) is 0 Å². The van der Waals surface area contributed by atoms with Gasteiger partial charge < -0.3 is 10.1 Å². The minimum atomic E-state index is -0.145. The number of nitrogens with zero attached hydrogens (tertiary/aromatic N) is 4. The lowest BCUT2D eigenvalue weighted by molar-refractivity contribution is -0.0704. The lowest BCUT2D eigenvalue weighted by Gasteiger charge is -2.35. The molecule has 0 saturated carbocycles. The van der Waals surface area contributed by atoms with E-state index < -0.39 is 0 Å². The van der Waals surface area contributed by atoms with Crippen LogP contribution in [-0.4, -0.2) is 50.9 Å². The molecular formula is C22H27N5O2. The van der Waals surface area contributed by atoms with Gasteiger partial charge in [-0.3, -0.25) is 14.4 Å². The minimum Gasteiger partial charge on any atom is -0.373 e. The maximum Gasteiger partial charge on any atom is 0.255 e. The summed E-state index contributed by atoms with van der Waals surface area (Å²) >= 11 is 0. The molecule has 0 bridgehead atoms. The van der Waals surface area contributed by atoms with Crippen LogP contribution in [0.1, 0.15) is 35.5 Å². The third-order valence-corrected chi connectivity index (χ3v) is 5.24. The molecule has 3 heterocycles. The van der Waals surface area contributed by atoms with Crippen molar-refractivity contribution in [3.05, 3.63) is 53.3 Å². The maximum absolute atomic E-state index is 12.6. The number of morpholine rings is 1. The summed E-state index contributed by atoms with van der Waals surface area (Å²) in [4.78, 5) is 19.4. The summed E-state index contributed by atoms with van der Waals surface area (Å²) in [5.41, 5.74) is 4.18. The highest BCUT2D eigenvalue weighted by Crippen LogP contribution is 2.20. The molecule has 0 radical (unpaired) electrons. The van der Waals surface area contributed by atoms with Crippen LogP contribution in [0.2, 0.25) is 0 Å². The lowest BCUT2D eigenvalue weighted by atomic mass is 10.1. The summed E-state index contributed by atoms with van der Waals surface area (Å²) in [6.07, 6.45) is 2.16. The Morgan fingerprint density at radius 3 is 2.59 bits per heavy atom. The van der Waals surface area contributed by atoms with Crippen LogP contribution >= 0.6 is 0 Å². The average molecular weight is 393 g/mol. The van der Waals surface area contributed by atoms with Crippen molar-refractivity contribution in [1.29, 1.82) is 0 Å². The number of hydrogen-bond donors (Lipinski definition) is 1. The van der Waals surface area contributed by atoms with E-state index in [0.29, 0.717) is 11.3 Å². The molecule has 3 aromatic rings. The smallest absolute Gasteiger partial charge is 0.255 e. The Hall–Kier alpha value is -2.77. The second kappa shape index (κ2) is 7.93. The molecule has 2 aromatic heterocycles. The van der Waals surface area contributed by atoms with E-state index in [2.05, 4.69) is 34.1 Å². The van der Waals surface area contributed by atoms with Gasteiger partial charge in [0.05, 0.1) is 29.8 Å². The fourth-order valence-electron chi connectivity index (χ4n) is 4.01. The second-order valence-electron chi connectivity index (χ2n) is 7.91. The number of carbonyl (C=O) groups excluding carboxylic acids is 1. The number of rotatable bonds is 4. The van der Waals surface area contributed by atoms with Crippen molar-refractivity contribution in [1.82, 2.24) is 19.7 Å². The number of aryl methyl sites for hydroxylation is 2. The van der Waals surface area contributed by atoms with Gasteiger partial charge in [0, 0.05) is 37.6 Å². The first-order valence-corrected chi connectivity index (χ1v) is 9.96. The van der Waals surface area contributed by atoms with Gasteiger partial charge in [0.2, 0.25) is 0 Å². The van der Waals surface area contributed by atoms with E-state index in [4.69, 9.17) is 4.74 Å². The molecule has 0 unspecified atom stereocenters. The van der Waals surface area contributed by atoms with E-state index in [0.717, 1.165) is 36.4 Å². The fraction of sp³-hybridized carbons (Fsp3) is 0.409. The largest absolute Gasteiger partial charge is 0.373 e.